The number of esters is 3. The van der Waals surface area contributed by atoms with Gasteiger partial charge in [-0.1, -0.05) is 251 Å². The first-order valence-corrected chi connectivity index (χ1v) is 31.0. The zero-order chi connectivity index (χ0) is 54.3. The van der Waals surface area contributed by atoms with Crippen LogP contribution in [0.2, 0.25) is 0 Å². The van der Waals surface area contributed by atoms with Gasteiger partial charge < -0.3 is 14.2 Å². The molecule has 6 nitrogen and oxygen atoms in total. The molecule has 0 fully saturated rings. The number of carbonyl (C=O) groups excluding carboxylic acids is 3. The van der Waals surface area contributed by atoms with Gasteiger partial charge in [0.15, 0.2) is 6.10 Å². The number of rotatable bonds is 55. The highest BCUT2D eigenvalue weighted by atomic mass is 16.6. The van der Waals surface area contributed by atoms with Crippen LogP contribution in [0.5, 0.6) is 0 Å². The molecule has 0 amide bonds. The Morgan fingerprint density at radius 3 is 0.813 bits per heavy atom. The van der Waals surface area contributed by atoms with E-state index in [-0.39, 0.29) is 31.1 Å². The normalized spacial score (nSPS) is 12.9. The van der Waals surface area contributed by atoms with E-state index in [2.05, 4.69) is 142 Å². The highest BCUT2D eigenvalue weighted by Gasteiger charge is 2.19. The molecule has 0 aliphatic carbocycles. The summed E-state index contributed by atoms with van der Waals surface area (Å²) in [6.45, 7) is 6.38. The van der Waals surface area contributed by atoms with Gasteiger partial charge in [0.05, 0.1) is 0 Å². The number of unbranched alkanes of at least 4 members (excludes halogenated alkanes) is 24. The first-order valence-electron chi connectivity index (χ1n) is 31.0. The average Bonchev–Trinajstić information content (AvgIpc) is 3.41. The van der Waals surface area contributed by atoms with Crippen molar-refractivity contribution in [3.05, 3.63) is 122 Å². The topological polar surface area (TPSA) is 78.9 Å². The van der Waals surface area contributed by atoms with Crippen molar-refractivity contribution < 1.29 is 28.6 Å². The minimum atomic E-state index is -0.803. The second-order valence-electron chi connectivity index (χ2n) is 20.2. The van der Waals surface area contributed by atoms with Crippen LogP contribution in [0.4, 0.5) is 0 Å². The molecule has 426 valence electrons. The van der Waals surface area contributed by atoms with Gasteiger partial charge in [-0.25, -0.2) is 0 Å². The molecule has 0 aromatic carbocycles. The Labute approximate surface area is 462 Å². The number of hydrogen-bond acceptors (Lipinski definition) is 6. The molecule has 1 unspecified atom stereocenters. The molecular weight excluding hydrogens is 925 g/mol. The molecule has 0 radical (unpaired) electrons. The third-order valence-electron chi connectivity index (χ3n) is 12.9. The van der Waals surface area contributed by atoms with Gasteiger partial charge in [0.1, 0.15) is 13.2 Å². The molecule has 0 heterocycles. The lowest BCUT2D eigenvalue weighted by Crippen LogP contribution is -2.30. The van der Waals surface area contributed by atoms with E-state index in [0.29, 0.717) is 19.3 Å². The summed E-state index contributed by atoms with van der Waals surface area (Å²) >= 11 is 0. The van der Waals surface area contributed by atoms with Crippen LogP contribution >= 0.6 is 0 Å². The van der Waals surface area contributed by atoms with E-state index in [9.17, 15) is 14.4 Å². The van der Waals surface area contributed by atoms with E-state index < -0.39 is 6.10 Å². The van der Waals surface area contributed by atoms with Crippen molar-refractivity contribution in [2.45, 2.75) is 284 Å². The maximum atomic E-state index is 12.9. The maximum absolute atomic E-state index is 12.9. The van der Waals surface area contributed by atoms with Crippen molar-refractivity contribution >= 4 is 17.9 Å². The Morgan fingerprint density at radius 2 is 0.520 bits per heavy atom. The SMILES string of the molecule is CC/C=C\C/C=C\C/C=C\C/C=C\CCCCCCCCC(=O)OC(COC(=O)CCCCCC/C=C\C/C=C\C/C=C\C/C=C\CC)COC(=O)CCCCCCCCCCC/C=C\C/C=C\CCCCCCC. The van der Waals surface area contributed by atoms with E-state index >= 15 is 0 Å². The van der Waals surface area contributed by atoms with Gasteiger partial charge in [-0.3, -0.25) is 14.4 Å². The van der Waals surface area contributed by atoms with Crippen molar-refractivity contribution in [3.8, 4) is 0 Å². The molecule has 0 aliphatic rings. The summed E-state index contributed by atoms with van der Waals surface area (Å²) in [5.41, 5.74) is 0. The molecule has 0 N–H and O–H groups in total. The molecule has 0 aliphatic heterocycles. The van der Waals surface area contributed by atoms with Crippen molar-refractivity contribution in [1.82, 2.24) is 0 Å². The summed E-state index contributed by atoms with van der Waals surface area (Å²) in [5.74, 6) is -0.936. The van der Waals surface area contributed by atoms with Crippen LogP contribution in [-0.4, -0.2) is 37.2 Å². The molecular formula is C69H114O6. The fourth-order valence-corrected chi connectivity index (χ4v) is 8.34. The van der Waals surface area contributed by atoms with E-state index in [4.69, 9.17) is 14.2 Å². The van der Waals surface area contributed by atoms with Gasteiger partial charge in [0.2, 0.25) is 0 Å². The second-order valence-corrected chi connectivity index (χ2v) is 20.2. The summed E-state index contributed by atoms with van der Waals surface area (Å²) in [5, 5.41) is 0. The van der Waals surface area contributed by atoms with Crippen LogP contribution in [0, 0.1) is 0 Å². The van der Waals surface area contributed by atoms with Gasteiger partial charge in [0.25, 0.3) is 0 Å². The number of carbonyl (C=O) groups is 3. The van der Waals surface area contributed by atoms with Crippen LogP contribution in [-0.2, 0) is 28.6 Å². The number of hydrogen-bond donors (Lipinski definition) is 0. The molecule has 6 heteroatoms. The van der Waals surface area contributed by atoms with E-state index in [0.717, 1.165) is 141 Å². The largest absolute Gasteiger partial charge is 0.462 e. The van der Waals surface area contributed by atoms with Gasteiger partial charge >= 0.3 is 17.9 Å². The van der Waals surface area contributed by atoms with E-state index in [1.165, 1.54) is 96.3 Å². The first-order chi connectivity index (χ1) is 37.0. The predicted octanol–water partition coefficient (Wildman–Crippen LogP) is 21.2. The maximum Gasteiger partial charge on any atom is 0.306 e. The van der Waals surface area contributed by atoms with Gasteiger partial charge in [0, 0.05) is 19.3 Å². The van der Waals surface area contributed by atoms with E-state index in [1.807, 2.05) is 0 Å². The molecule has 0 saturated heterocycles. The van der Waals surface area contributed by atoms with Crippen LogP contribution < -0.4 is 0 Å². The lowest BCUT2D eigenvalue weighted by molar-refractivity contribution is -0.167. The Balaban J connectivity index is 4.46. The Bertz CT molecular complexity index is 1570. The predicted molar refractivity (Wildman–Crippen MR) is 325 cm³/mol. The standard InChI is InChI=1S/C69H114O6/c1-4-7-10-13-16-19-22-25-28-31-33-34-36-38-41-44-47-50-53-56-59-62-68(71)74-65-66(64-73-67(70)61-58-55-52-49-46-43-40-37-30-27-24-21-18-15-12-9-6-3)75-69(72)63-60-57-54-51-48-45-42-39-35-32-29-26-23-20-17-14-11-8-5-2/h8-9,11-12,17-18,20-22,25-27,29-31,33,35,39-40,43,66H,4-7,10,13-16,19,23-24,28,32,34,36-38,41-42,44-65H2,1-3H3/b11-8-,12-9-,20-17-,21-18-,25-22-,29-26-,30-27-,33-31-,39-35-,43-40-. The van der Waals surface area contributed by atoms with Crippen molar-refractivity contribution in [2.24, 2.45) is 0 Å². The molecule has 0 spiro atoms. The summed E-state index contributed by atoms with van der Waals surface area (Å²) in [6, 6.07) is 0. The lowest BCUT2D eigenvalue weighted by Gasteiger charge is -2.18. The smallest absolute Gasteiger partial charge is 0.306 e. The lowest BCUT2D eigenvalue weighted by atomic mass is 10.1. The van der Waals surface area contributed by atoms with Crippen LogP contribution in [0.1, 0.15) is 278 Å². The van der Waals surface area contributed by atoms with Gasteiger partial charge in [-0.05, 0) is 128 Å². The molecule has 75 heavy (non-hydrogen) atoms. The van der Waals surface area contributed by atoms with Crippen LogP contribution in [0.25, 0.3) is 0 Å². The van der Waals surface area contributed by atoms with Crippen LogP contribution in [0.3, 0.4) is 0 Å². The number of ether oxygens (including phenoxy) is 3. The molecule has 0 saturated carbocycles. The minimum Gasteiger partial charge on any atom is -0.462 e. The van der Waals surface area contributed by atoms with E-state index in [1.54, 1.807) is 0 Å². The molecule has 0 aromatic rings. The Morgan fingerprint density at radius 1 is 0.280 bits per heavy atom. The molecule has 0 rings (SSSR count). The molecule has 0 aromatic heterocycles. The fraction of sp³-hybridized carbons (Fsp3) is 0.667. The monoisotopic (exact) mass is 1040 g/mol. The molecule has 1 atom stereocenters. The summed E-state index contributed by atoms with van der Waals surface area (Å²) < 4.78 is 16.9. The highest BCUT2D eigenvalue weighted by Crippen LogP contribution is 2.15. The van der Waals surface area contributed by atoms with Crippen LogP contribution in [0.15, 0.2) is 122 Å². The number of allylic oxidation sites excluding steroid dienone is 20. The summed E-state index contributed by atoms with van der Waals surface area (Å²) in [7, 11) is 0. The third kappa shape index (κ3) is 60.6. The zero-order valence-corrected chi connectivity index (χ0v) is 48.8. The Hall–Kier alpha value is -4.19. The fourth-order valence-electron chi connectivity index (χ4n) is 8.34. The quantitative estimate of drug-likeness (QED) is 0.0261. The zero-order valence-electron chi connectivity index (χ0n) is 48.8. The molecule has 0 bridgehead atoms. The average molecular weight is 1040 g/mol. The minimum absolute atomic E-state index is 0.0967. The Kier molecular flexibility index (Phi) is 58.9. The van der Waals surface area contributed by atoms with Crippen molar-refractivity contribution in [1.29, 1.82) is 0 Å². The third-order valence-corrected chi connectivity index (χ3v) is 12.9. The van der Waals surface area contributed by atoms with Crippen molar-refractivity contribution in [2.75, 3.05) is 13.2 Å². The summed E-state index contributed by atoms with van der Waals surface area (Å²) in [4.78, 5) is 38.3. The second kappa shape index (κ2) is 62.4. The first kappa shape index (κ1) is 70.8. The summed E-state index contributed by atoms with van der Waals surface area (Å²) in [6.07, 6.45) is 86.2. The highest BCUT2D eigenvalue weighted by molar-refractivity contribution is 5.71. The van der Waals surface area contributed by atoms with Crippen molar-refractivity contribution in [3.63, 3.8) is 0 Å². The van der Waals surface area contributed by atoms with Gasteiger partial charge in [-0.2, -0.15) is 0 Å². The van der Waals surface area contributed by atoms with Gasteiger partial charge in [-0.15, -0.1) is 0 Å².